The molecule has 2 N–H and O–H groups in total. The van der Waals surface area contributed by atoms with Gasteiger partial charge in [0, 0.05) is 31.2 Å². The molecule has 0 aliphatic heterocycles. The van der Waals surface area contributed by atoms with Crippen LogP contribution in [0.25, 0.3) is 5.69 Å². The number of hydrogen-bond acceptors (Lipinski definition) is 2. The highest BCUT2D eigenvalue weighted by molar-refractivity contribution is 6.33. The van der Waals surface area contributed by atoms with E-state index < -0.39 is 0 Å². The van der Waals surface area contributed by atoms with Gasteiger partial charge < -0.3 is 15.2 Å². The van der Waals surface area contributed by atoms with Crippen molar-refractivity contribution in [3.05, 3.63) is 89.2 Å². The molecular formula is C21H20ClN3O2. The summed E-state index contributed by atoms with van der Waals surface area (Å²) in [6, 6.07) is 18.6. The second-order valence-electron chi connectivity index (χ2n) is 6.02. The number of halogens is 1. The van der Waals surface area contributed by atoms with Crippen molar-refractivity contribution in [2.75, 3.05) is 13.1 Å². The van der Waals surface area contributed by atoms with Crippen LogP contribution in [0.3, 0.4) is 0 Å². The van der Waals surface area contributed by atoms with E-state index in [9.17, 15) is 9.59 Å². The normalized spacial score (nSPS) is 10.4. The molecule has 0 saturated heterocycles. The Labute approximate surface area is 163 Å². The van der Waals surface area contributed by atoms with Crippen LogP contribution < -0.4 is 10.6 Å². The van der Waals surface area contributed by atoms with Crippen LogP contribution in [-0.4, -0.2) is 29.5 Å². The summed E-state index contributed by atoms with van der Waals surface area (Å²) in [4.78, 5) is 24.1. The van der Waals surface area contributed by atoms with Crippen LogP contribution in [0.2, 0.25) is 5.02 Å². The Balaban J connectivity index is 1.41. The van der Waals surface area contributed by atoms with Gasteiger partial charge in [0.15, 0.2) is 0 Å². The van der Waals surface area contributed by atoms with Crippen LogP contribution in [0.1, 0.15) is 15.9 Å². The number of carbonyl (C=O) groups excluding carboxylic acids is 2. The summed E-state index contributed by atoms with van der Waals surface area (Å²) in [5.74, 6) is -0.342. The number of benzene rings is 2. The largest absolute Gasteiger partial charge is 0.354 e. The first-order valence-corrected chi connectivity index (χ1v) is 9.03. The Kier molecular flexibility index (Phi) is 6.28. The summed E-state index contributed by atoms with van der Waals surface area (Å²) in [7, 11) is 0. The van der Waals surface area contributed by atoms with E-state index in [2.05, 4.69) is 10.6 Å². The maximum atomic E-state index is 12.0. The molecule has 0 fully saturated rings. The summed E-state index contributed by atoms with van der Waals surface area (Å²) in [6.45, 7) is 0.693. The Morgan fingerprint density at radius 1 is 0.852 bits per heavy atom. The zero-order chi connectivity index (χ0) is 19.1. The van der Waals surface area contributed by atoms with Gasteiger partial charge in [-0.05, 0) is 42.0 Å². The SMILES string of the molecule is O=C(Cc1ccc(-n2cccc2)cc1)NCCNC(=O)c1ccccc1Cl. The van der Waals surface area contributed by atoms with Gasteiger partial charge >= 0.3 is 0 Å². The first-order chi connectivity index (χ1) is 13.1. The van der Waals surface area contributed by atoms with Gasteiger partial charge in [-0.25, -0.2) is 0 Å². The van der Waals surface area contributed by atoms with E-state index >= 15 is 0 Å². The lowest BCUT2D eigenvalue weighted by molar-refractivity contribution is -0.120. The molecule has 1 heterocycles. The zero-order valence-electron chi connectivity index (χ0n) is 14.7. The number of aromatic nitrogens is 1. The summed E-state index contributed by atoms with van der Waals surface area (Å²) in [5, 5.41) is 5.95. The molecule has 0 atom stereocenters. The van der Waals surface area contributed by atoms with Gasteiger partial charge in [-0.15, -0.1) is 0 Å². The molecule has 2 aromatic carbocycles. The maximum absolute atomic E-state index is 12.0. The van der Waals surface area contributed by atoms with Crippen LogP contribution in [0, 0.1) is 0 Å². The molecule has 0 unspecified atom stereocenters. The van der Waals surface area contributed by atoms with Crippen molar-refractivity contribution in [3.63, 3.8) is 0 Å². The molecule has 0 aliphatic carbocycles. The Morgan fingerprint density at radius 3 is 2.22 bits per heavy atom. The Bertz CT molecular complexity index is 905. The molecule has 0 bridgehead atoms. The molecule has 2 amide bonds. The Morgan fingerprint density at radius 2 is 1.52 bits per heavy atom. The highest BCUT2D eigenvalue weighted by Crippen LogP contribution is 2.14. The molecule has 0 aliphatic rings. The van der Waals surface area contributed by atoms with Crippen molar-refractivity contribution in [1.29, 1.82) is 0 Å². The lowest BCUT2D eigenvalue weighted by Crippen LogP contribution is -2.35. The zero-order valence-corrected chi connectivity index (χ0v) is 15.4. The fourth-order valence-electron chi connectivity index (χ4n) is 2.66. The smallest absolute Gasteiger partial charge is 0.252 e. The number of nitrogens with zero attached hydrogens (tertiary/aromatic N) is 1. The van der Waals surface area contributed by atoms with E-state index in [1.54, 1.807) is 24.3 Å². The third-order valence-electron chi connectivity index (χ3n) is 4.05. The maximum Gasteiger partial charge on any atom is 0.252 e. The van der Waals surface area contributed by atoms with E-state index in [-0.39, 0.29) is 11.8 Å². The molecule has 3 rings (SSSR count). The third-order valence-corrected chi connectivity index (χ3v) is 4.38. The number of amides is 2. The topological polar surface area (TPSA) is 63.1 Å². The van der Waals surface area contributed by atoms with E-state index in [0.29, 0.717) is 30.1 Å². The molecule has 1 aromatic heterocycles. The third kappa shape index (κ3) is 5.21. The number of carbonyl (C=O) groups is 2. The minimum Gasteiger partial charge on any atom is -0.354 e. The highest BCUT2D eigenvalue weighted by Gasteiger charge is 2.09. The highest BCUT2D eigenvalue weighted by atomic mass is 35.5. The summed E-state index contributed by atoms with van der Waals surface area (Å²) in [6.07, 6.45) is 4.24. The second kappa shape index (κ2) is 9.05. The van der Waals surface area contributed by atoms with Gasteiger partial charge in [-0.2, -0.15) is 0 Å². The van der Waals surface area contributed by atoms with Crippen LogP contribution in [0.5, 0.6) is 0 Å². The predicted molar refractivity (Wildman–Crippen MR) is 106 cm³/mol. The molecule has 27 heavy (non-hydrogen) atoms. The van der Waals surface area contributed by atoms with Crippen molar-refractivity contribution in [2.24, 2.45) is 0 Å². The fraction of sp³-hybridized carbons (Fsp3) is 0.143. The van der Waals surface area contributed by atoms with Crippen molar-refractivity contribution in [2.45, 2.75) is 6.42 Å². The van der Waals surface area contributed by atoms with Crippen molar-refractivity contribution in [1.82, 2.24) is 15.2 Å². The van der Waals surface area contributed by atoms with Gasteiger partial charge in [0.1, 0.15) is 0 Å². The van der Waals surface area contributed by atoms with Crippen LogP contribution >= 0.6 is 11.6 Å². The fourth-order valence-corrected chi connectivity index (χ4v) is 2.88. The van der Waals surface area contributed by atoms with E-state index in [1.807, 2.05) is 53.4 Å². The van der Waals surface area contributed by atoms with Crippen molar-refractivity contribution >= 4 is 23.4 Å². The van der Waals surface area contributed by atoms with Gasteiger partial charge in [0.05, 0.1) is 17.0 Å². The van der Waals surface area contributed by atoms with Crippen LogP contribution in [-0.2, 0) is 11.2 Å². The van der Waals surface area contributed by atoms with E-state index in [0.717, 1.165) is 11.3 Å². The number of rotatable bonds is 7. The van der Waals surface area contributed by atoms with E-state index in [1.165, 1.54) is 0 Å². The minimum absolute atomic E-state index is 0.0873. The molecule has 0 spiro atoms. The molecule has 0 radical (unpaired) electrons. The minimum atomic E-state index is -0.254. The molecule has 0 saturated carbocycles. The molecule has 6 heteroatoms. The van der Waals surface area contributed by atoms with Crippen LogP contribution in [0.4, 0.5) is 0 Å². The average Bonchev–Trinajstić information content (AvgIpc) is 3.21. The van der Waals surface area contributed by atoms with Gasteiger partial charge in [-0.3, -0.25) is 9.59 Å². The monoisotopic (exact) mass is 381 g/mol. The van der Waals surface area contributed by atoms with Crippen molar-refractivity contribution in [3.8, 4) is 5.69 Å². The molecule has 3 aromatic rings. The lowest BCUT2D eigenvalue weighted by atomic mass is 10.1. The van der Waals surface area contributed by atoms with Gasteiger partial charge in [-0.1, -0.05) is 35.9 Å². The van der Waals surface area contributed by atoms with Crippen LogP contribution in [0.15, 0.2) is 73.1 Å². The first kappa shape index (κ1) is 18.7. The molecular weight excluding hydrogens is 362 g/mol. The van der Waals surface area contributed by atoms with Gasteiger partial charge in [0.25, 0.3) is 5.91 Å². The second-order valence-corrected chi connectivity index (χ2v) is 6.43. The molecule has 5 nitrogen and oxygen atoms in total. The number of nitrogens with one attached hydrogen (secondary N) is 2. The quantitative estimate of drug-likeness (QED) is 0.617. The molecule has 138 valence electrons. The summed E-state index contributed by atoms with van der Waals surface area (Å²) in [5.41, 5.74) is 2.41. The summed E-state index contributed by atoms with van der Waals surface area (Å²) < 4.78 is 2.01. The van der Waals surface area contributed by atoms with Gasteiger partial charge in [0.2, 0.25) is 5.91 Å². The standard InChI is InChI=1S/C21H20ClN3O2/c22-19-6-2-1-5-18(19)21(27)24-12-11-23-20(26)15-16-7-9-17(10-8-16)25-13-3-4-14-25/h1-10,13-14H,11-12,15H2,(H,23,26)(H,24,27). The number of hydrogen-bond donors (Lipinski definition) is 2. The average molecular weight is 382 g/mol. The predicted octanol–water partition coefficient (Wildman–Crippen LogP) is 3.22. The first-order valence-electron chi connectivity index (χ1n) is 8.65. The lowest BCUT2D eigenvalue weighted by Gasteiger charge is -2.09. The summed E-state index contributed by atoms with van der Waals surface area (Å²) >= 11 is 5.98. The van der Waals surface area contributed by atoms with E-state index in [4.69, 9.17) is 11.6 Å². The van der Waals surface area contributed by atoms with Crippen molar-refractivity contribution < 1.29 is 9.59 Å². The Hall–Kier alpha value is -3.05.